The highest BCUT2D eigenvalue weighted by atomic mass is 16.5. The first-order valence-electron chi connectivity index (χ1n) is 7.94. The molecule has 1 fully saturated rings. The van der Waals surface area contributed by atoms with Gasteiger partial charge < -0.3 is 24.9 Å². The quantitative estimate of drug-likeness (QED) is 0.764. The van der Waals surface area contributed by atoms with Crippen LogP contribution in [0.5, 0.6) is 0 Å². The van der Waals surface area contributed by atoms with E-state index in [1.165, 1.54) is 6.20 Å². The van der Waals surface area contributed by atoms with Crippen LogP contribution in [-0.4, -0.2) is 40.4 Å². The Hall–Kier alpha value is -2.87. The minimum absolute atomic E-state index is 0.0275. The van der Waals surface area contributed by atoms with Crippen LogP contribution in [0.1, 0.15) is 34.7 Å². The summed E-state index contributed by atoms with van der Waals surface area (Å²) in [5.74, 6) is -0.711. The van der Waals surface area contributed by atoms with Gasteiger partial charge in [0.25, 0.3) is 0 Å². The van der Waals surface area contributed by atoms with Gasteiger partial charge in [-0.3, -0.25) is 0 Å². The normalized spacial score (nSPS) is 16.2. The largest absolute Gasteiger partial charge is 0.477 e. The van der Waals surface area contributed by atoms with E-state index in [-0.39, 0.29) is 12.3 Å². The highest BCUT2D eigenvalue weighted by molar-refractivity contribution is 5.85. The van der Waals surface area contributed by atoms with E-state index in [0.29, 0.717) is 31.9 Å². The lowest BCUT2D eigenvalue weighted by molar-refractivity contribution is 0.0299. The van der Waals surface area contributed by atoms with E-state index in [2.05, 4.69) is 15.3 Å². The number of rotatable bonds is 5. The Bertz CT molecular complexity index is 738. The van der Waals surface area contributed by atoms with Crippen LogP contribution in [0.4, 0.5) is 4.79 Å². The van der Waals surface area contributed by atoms with E-state index < -0.39 is 17.6 Å². The van der Waals surface area contributed by atoms with Crippen molar-refractivity contribution in [2.24, 2.45) is 0 Å². The molecule has 0 unspecified atom stereocenters. The van der Waals surface area contributed by atoms with Gasteiger partial charge in [-0.2, -0.15) is 0 Å². The summed E-state index contributed by atoms with van der Waals surface area (Å²) in [7, 11) is 0. The van der Waals surface area contributed by atoms with Gasteiger partial charge in [0.05, 0.1) is 6.20 Å². The molecule has 1 aromatic carbocycles. The van der Waals surface area contributed by atoms with E-state index in [4.69, 9.17) is 14.6 Å². The molecule has 1 aliphatic rings. The zero-order chi connectivity index (χ0) is 17.7. The van der Waals surface area contributed by atoms with Gasteiger partial charge in [0, 0.05) is 26.1 Å². The SMILES string of the molecule is O=C(NC1(c2ncc(C(=O)O)[nH]2)CCOCC1)OCc1ccccc1. The van der Waals surface area contributed by atoms with Crippen LogP contribution in [-0.2, 0) is 21.6 Å². The number of carboxylic acids is 1. The summed E-state index contributed by atoms with van der Waals surface area (Å²) in [6, 6.07) is 9.35. The van der Waals surface area contributed by atoms with Gasteiger partial charge in [-0.05, 0) is 5.56 Å². The Balaban J connectivity index is 1.71. The summed E-state index contributed by atoms with van der Waals surface area (Å²) < 4.78 is 10.6. The van der Waals surface area contributed by atoms with Crippen molar-refractivity contribution in [3.63, 3.8) is 0 Å². The number of aromatic amines is 1. The molecule has 1 saturated heterocycles. The highest BCUT2D eigenvalue weighted by Crippen LogP contribution is 2.30. The van der Waals surface area contributed by atoms with Gasteiger partial charge in [-0.15, -0.1) is 0 Å². The second-order valence-corrected chi connectivity index (χ2v) is 5.83. The van der Waals surface area contributed by atoms with Gasteiger partial charge in [0.15, 0.2) is 0 Å². The maximum Gasteiger partial charge on any atom is 0.408 e. The first-order chi connectivity index (χ1) is 12.1. The number of hydrogen-bond donors (Lipinski definition) is 3. The molecule has 8 heteroatoms. The number of aromatic carboxylic acids is 1. The summed E-state index contributed by atoms with van der Waals surface area (Å²) in [5, 5.41) is 11.9. The van der Waals surface area contributed by atoms with Crippen molar-refractivity contribution in [3.05, 3.63) is 53.6 Å². The molecule has 25 heavy (non-hydrogen) atoms. The molecule has 0 spiro atoms. The van der Waals surface area contributed by atoms with Crippen LogP contribution in [0.2, 0.25) is 0 Å². The number of amides is 1. The third-order valence-corrected chi connectivity index (χ3v) is 4.16. The standard InChI is InChI=1S/C17H19N3O5/c21-14(22)13-10-18-15(19-13)17(6-8-24-9-7-17)20-16(23)25-11-12-4-2-1-3-5-12/h1-5,10H,6-9,11H2,(H,18,19)(H,20,23)(H,21,22). The fourth-order valence-electron chi connectivity index (χ4n) is 2.77. The highest BCUT2D eigenvalue weighted by Gasteiger charge is 2.39. The van der Waals surface area contributed by atoms with Gasteiger partial charge in [-0.1, -0.05) is 30.3 Å². The fourth-order valence-corrected chi connectivity index (χ4v) is 2.77. The average Bonchev–Trinajstić information content (AvgIpc) is 3.13. The van der Waals surface area contributed by atoms with Crippen LogP contribution < -0.4 is 5.32 Å². The minimum Gasteiger partial charge on any atom is -0.477 e. The van der Waals surface area contributed by atoms with Gasteiger partial charge in [-0.25, -0.2) is 14.6 Å². The van der Waals surface area contributed by atoms with Crippen molar-refractivity contribution in [3.8, 4) is 0 Å². The van der Waals surface area contributed by atoms with E-state index in [9.17, 15) is 9.59 Å². The minimum atomic E-state index is -1.10. The predicted molar refractivity (Wildman–Crippen MR) is 87.0 cm³/mol. The number of H-pyrrole nitrogens is 1. The van der Waals surface area contributed by atoms with Crippen molar-refractivity contribution in [2.75, 3.05) is 13.2 Å². The molecule has 132 valence electrons. The summed E-state index contributed by atoms with van der Waals surface area (Å²) in [5.41, 5.74) is 0.0184. The molecule has 0 saturated carbocycles. The Morgan fingerprint density at radius 3 is 2.64 bits per heavy atom. The van der Waals surface area contributed by atoms with E-state index in [1.54, 1.807) is 0 Å². The molecule has 1 amide bonds. The number of carbonyl (C=O) groups excluding carboxylic acids is 1. The van der Waals surface area contributed by atoms with E-state index >= 15 is 0 Å². The third-order valence-electron chi connectivity index (χ3n) is 4.16. The molecule has 0 atom stereocenters. The topological polar surface area (TPSA) is 114 Å². The van der Waals surface area contributed by atoms with Crippen molar-refractivity contribution < 1.29 is 24.2 Å². The number of ether oxygens (including phenoxy) is 2. The predicted octanol–water partition coefficient (Wildman–Crippen LogP) is 2.04. The number of nitrogens with zero attached hydrogens (tertiary/aromatic N) is 1. The number of aromatic nitrogens is 2. The Kier molecular flexibility index (Phi) is 4.99. The molecular formula is C17H19N3O5. The van der Waals surface area contributed by atoms with Crippen LogP contribution in [0.3, 0.4) is 0 Å². The molecule has 8 nitrogen and oxygen atoms in total. The van der Waals surface area contributed by atoms with Crippen LogP contribution in [0, 0.1) is 0 Å². The number of alkyl carbamates (subject to hydrolysis) is 1. The first-order valence-corrected chi connectivity index (χ1v) is 7.94. The summed E-state index contributed by atoms with van der Waals surface area (Å²) in [4.78, 5) is 30.3. The van der Waals surface area contributed by atoms with Crippen molar-refractivity contribution in [1.82, 2.24) is 15.3 Å². The number of benzene rings is 1. The third kappa shape index (κ3) is 3.97. The number of hydrogen-bond acceptors (Lipinski definition) is 5. The Labute approximate surface area is 144 Å². The smallest absolute Gasteiger partial charge is 0.408 e. The lowest BCUT2D eigenvalue weighted by atomic mass is 9.89. The molecule has 0 bridgehead atoms. The van der Waals surface area contributed by atoms with Crippen molar-refractivity contribution in [2.45, 2.75) is 25.0 Å². The molecule has 3 N–H and O–H groups in total. The van der Waals surface area contributed by atoms with Crippen molar-refractivity contribution in [1.29, 1.82) is 0 Å². The second kappa shape index (κ2) is 7.35. The zero-order valence-electron chi connectivity index (χ0n) is 13.5. The van der Waals surface area contributed by atoms with E-state index in [0.717, 1.165) is 5.56 Å². The summed E-state index contributed by atoms with van der Waals surface area (Å²) >= 11 is 0. The zero-order valence-corrected chi connectivity index (χ0v) is 13.5. The Morgan fingerprint density at radius 2 is 2.00 bits per heavy atom. The average molecular weight is 345 g/mol. The lowest BCUT2D eigenvalue weighted by Crippen LogP contribution is -2.50. The molecule has 1 aliphatic heterocycles. The number of carbonyl (C=O) groups is 2. The molecule has 1 aromatic heterocycles. The monoisotopic (exact) mass is 345 g/mol. The fraction of sp³-hybridized carbons (Fsp3) is 0.353. The molecule has 3 rings (SSSR count). The molecule has 0 radical (unpaired) electrons. The maximum atomic E-state index is 12.3. The van der Waals surface area contributed by atoms with Crippen LogP contribution in [0.25, 0.3) is 0 Å². The van der Waals surface area contributed by atoms with Gasteiger partial charge in [0.1, 0.15) is 23.7 Å². The van der Waals surface area contributed by atoms with Crippen LogP contribution in [0.15, 0.2) is 36.5 Å². The van der Waals surface area contributed by atoms with Crippen molar-refractivity contribution >= 4 is 12.1 Å². The number of imidazole rings is 1. The summed E-state index contributed by atoms with van der Waals surface area (Å²) in [6.07, 6.45) is 1.60. The molecule has 2 heterocycles. The lowest BCUT2D eigenvalue weighted by Gasteiger charge is -2.35. The van der Waals surface area contributed by atoms with Gasteiger partial charge in [0.2, 0.25) is 0 Å². The van der Waals surface area contributed by atoms with E-state index in [1.807, 2.05) is 30.3 Å². The van der Waals surface area contributed by atoms with Crippen LogP contribution >= 0.6 is 0 Å². The molecule has 0 aliphatic carbocycles. The van der Waals surface area contributed by atoms with Gasteiger partial charge >= 0.3 is 12.1 Å². The number of carboxylic acid groups (broad SMARTS) is 1. The second-order valence-electron chi connectivity index (χ2n) is 5.83. The molecule has 2 aromatic rings. The maximum absolute atomic E-state index is 12.3. The number of nitrogens with one attached hydrogen (secondary N) is 2. The summed E-state index contributed by atoms with van der Waals surface area (Å²) in [6.45, 7) is 1.02. The first kappa shape index (κ1) is 17.0. The molecular weight excluding hydrogens is 326 g/mol. The Morgan fingerprint density at radius 1 is 1.28 bits per heavy atom.